The van der Waals surface area contributed by atoms with Gasteiger partial charge in [0.25, 0.3) is 0 Å². The standard InChI is InChI=1S/C24H25N7O/c1-16-21(28-17(2)32)4-3-5-22(16)29-23-26-15-27-24(30-23)31-12-10-20(11-13-31)19-8-6-18(14-25)7-9-19/h3-9,15,20H,10-13H2,1-2H3,(H,28,32)(H,26,27,29,30). The van der Waals surface area contributed by atoms with Crippen molar-refractivity contribution < 1.29 is 4.79 Å². The number of rotatable bonds is 5. The molecule has 162 valence electrons. The van der Waals surface area contributed by atoms with Gasteiger partial charge in [-0.05, 0) is 61.1 Å². The van der Waals surface area contributed by atoms with E-state index in [1.54, 1.807) is 0 Å². The zero-order chi connectivity index (χ0) is 22.5. The van der Waals surface area contributed by atoms with Gasteiger partial charge in [-0.3, -0.25) is 4.79 Å². The topological polar surface area (TPSA) is 107 Å². The molecule has 0 aliphatic carbocycles. The highest BCUT2D eigenvalue weighted by Crippen LogP contribution is 2.30. The highest BCUT2D eigenvalue weighted by Gasteiger charge is 2.22. The van der Waals surface area contributed by atoms with E-state index in [1.807, 2.05) is 37.3 Å². The van der Waals surface area contributed by atoms with Gasteiger partial charge < -0.3 is 15.5 Å². The van der Waals surface area contributed by atoms with Crippen LogP contribution < -0.4 is 15.5 Å². The molecule has 0 radical (unpaired) electrons. The first kappa shape index (κ1) is 21.2. The summed E-state index contributed by atoms with van der Waals surface area (Å²) in [6.07, 6.45) is 3.51. The summed E-state index contributed by atoms with van der Waals surface area (Å²) in [5, 5.41) is 15.1. The molecule has 1 aliphatic heterocycles. The van der Waals surface area contributed by atoms with Crippen molar-refractivity contribution in [2.24, 2.45) is 0 Å². The van der Waals surface area contributed by atoms with Crippen LogP contribution in [0.5, 0.6) is 0 Å². The summed E-state index contributed by atoms with van der Waals surface area (Å²) in [6.45, 7) is 5.13. The Morgan fingerprint density at radius 3 is 2.50 bits per heavy atom. The van der Waals surface area contributed by atoms with Crippen LogP contribution in [0.25, 0.3) is 0 Å². The number of aromatic nitrogens is 3. The maximum absolute atomic E-state index is 11.4. The normalized spacial score (nSPS) is 14.0. The first-order valence-corrected chi connectivity index (χ1v) is 10.6. The second kappa shape index (κ2) is 9.43. The number of hydrogen-bond donors (Lipinski definition) is 2. The molecule has 3 aromatic rings. The number of carbonyl (C=O) groups excluding carboxylic acids is 1. The first-order valence-electron chi connectivity index (χ1n) is 10.6. The van der Waals surface area contributed by atoms with Crippen molar-refractivity contribution >= 4 is 29.2 Å². The lowest BCUT2D eigenvalue weighted by atomic mass is 9.89. The van der Waals surface area contributed by atoms with Crippen LogP contribution >= 0.6 is 0 Å². The van der Waals surface area contributed by atoms with Crippen LogP contribution in [0.2, 0.25) is 0 Å². The molecule has 0 unspecified atom stereocenters. The number of piperidine rings is 1. The zero-order valence-electron chi connectivity index (χ0n) is 18.2. The van der Waals surface area contributed by atoms with Crippen LogP contribution in [0.15, 0.2) is 48.8 Å². The smallest absolute Gasteiger partial charge is 0.232 e. The maximum atomic E-state index is 11.4. The molecular weight excluding hydrogens is 402 g/mol. The van der Waals surface area contributed by atoms with Crippen LogP contribution in [0.3, 0.4) is 0 Å². The molecule has 8 heteroatoms. The van der Waals surface area contributed by atoms with E-state index >= 15 is 0 Å². The third-order valence-corrected chi connectivity index (χ3v) is 5.74. The summed E-state index contributed by atoms with van der Waals surface area (Å²) in [4.78, 5) is 26.8. The fourth-order valence-corrected chi connectivity index (χ4v) is 3.96. The summed E-state index contributed by atoms with van der Waals surface area (Å²) >= 11 is 0. The number of nitriles is 1. The lowest BCUT2D eigenvalue weighted by molar-refractivity contribution is -0.114. The van der Waals surface area contributed by atoms with Crippen LogP contribution in [0.1, 0.15) is 42.4 Å². The fourth-order valence-electron chi connectivity index (χ4n) is 3.96. The molecule has 2 N–H and O–H groups in total. The Bertz CT molecular complexity index is 1150. The monoisotopic (exact) mass is 427 g/mol. The maximum Gasteiger partial charge on any atom is 0.232 e. The Hall–Kier alpha value is -3.99. The lowest BCUT2D eigenvalue weighted by Crippen LogP contribution is -2.34. The lowest BCUT2D eigenvalue weighted by Gasteiger charge is -2.32. The predicted octanol–water partition coefficient (Wildman–Crippen LogP) is 4.14. The molecule has 1 aromatic heterocycles. The first-order chi connectivity index (χ1) is 15.5. The van der Waals surface area contributed by atoms with Gasteiger partial charge in [0, 0.05) is 31.4 Å². The molecule has 0 saturated carbocycles. The molecule has 0 atom stereocenters. The number of anilines is 4. The van der Waals surface area contributed by atoms with E-state index in [-0.39, 0.29) is 5.91 Å². The molecule has 1 fully saturated rings. The van der Waals surface area contributed by atoms with Gasteiger partial charge in [0.2, 0.25) is 17.8 Å². The minimum atomic E-state index is -0.114. The van der Waals surface area contributed by atoms with Gasteiger partial charge in [0.15, 0.2) is 0 Å². The van der Waals surface area contributed by atoms with Gasteiger partial charge in [-0.1, -0.05) is 18.2 Å². The van der Waals surface area contributed by atoms with Gasteiger partial charge >= 0.3 is 0 Å². The summed E-state index contributed by atoms with van der Waals surface area (Å²) in [5.74, 6) is 1.47. The summed E-state index contributed by atoms with van der Waals surface area (Å²) < 4.78 is 0. The van der Waals surface area contributed by atoms with Crippen molar-refractivity contribution in [1.29, 1.82) is 5.26 Å². The quantitative estimate of drug-likeness (QED) is 0.630. The third kappa shape index (κ3) is 4.83. The van der Waals surface area contributed by atoms with Gasteiger partial charge in [-0.2, -0.15) is 10.2 Å². The number of hydrogen-bond acceptors (Lipinski definition) is 7. The van der Waals surface area contributed by atoms with Gasteiger partial charge in [0.05, 0.1) is 11.6 Å². The SMILES string of the molecule is CC(=O)Nc1cccc(Nc2ncnc(N3CCC(c4ccc(C#N)cc4)CC3)n2)c1C. The second-order valence-corrected chi connectivity index (χ2v) is 7.89. The molecular formula is C24H25N7O. The average molecular weight is 428 g/mol. The van der Waals surface area contributed by atoms with E-state index < -0.39 is 0 Å². The molecule has 0 spiro atoms. The number of carbonyl (C=O) groups is 1. The van der Waals surface area contributed by atoms with E-state index in [4.69, 9.17) is 5.26 Å². The third-order valence-electron chi connectivity index (χ3n) is 5.74. The highest BCUT2D eigenvalue weighted by molar-refractivity contribution is 5.90. The summed E-state index contributed by atoms with van der Waals surface area (Å²) in [6, 6.07) is 15.7. The number of amides is 1. The van der Waals surface area contributed by atoms with Crippen LogP contribution in [-0.2, 0) is 4.79 Å². The highest BCUT2D eigenvalue weighted by atomic mass is 16.1. The molecule has 1 amide bonds. The zero-order valence-corrected chi connectivity index (χ0v) is 18.2. The van der Waals surface area contributed by atoms with E-state index in [1.165, 1.54) is 18.8 Å². The summed E-state index contributed by atoms with van der Waals surface area (Å²) in [7, 11) is 0. The van der Waals surface area contributed by atoms with E-state index in [0.29, 0.717) is 23.4 Å². The molecule has 1 aliphatic rings. The van der Waals surface area contributed by atoms with Gasteiger partial charge in [0.1, 0.15) is 6.33 Å². The van der Waals surface area contributed by atoms with Crippen molar-refractivity contribution in [3.63, 3.8) is 0 Å². The van der Waals surface area contributed by atoms with Crippen LogP contribution in [0, 0.1) is 18.3 Å². The van der Waals surface area contributed by atoms with Crippen LogP contribution in [-0.4, -0.2) is 33.9 Å². The Kier molecular flexibility index (Phi) is 6.26. The Balaban J connectivity index is 1.43. The molecule has 2 heterocycles. The molecule has 2 aromatic carbocycles. The minimum Gasteiger partial charge on any atom is -0.341 e. The van der Waals surface area contributed by atoms with E-state index in [0.717, 1.165) is 42.9 Å². The van der Waals surface area contributed by atoms with Crippen molar-refractivity contribution in [2.75, 3.05) is 28.6 Å². The fraction of sp³-hybridized carbons (Fsp3) is 0.292. The van der Waals surface area contributed by atoms with Crippen molar-refractivity contribution in [2.45, 2.75) is 32.6 Å². The molecule has 32 heavy (non-hydrogen) atoms. The average Bonchev–Trinajstić information content (AvgIpc) is 2.82. The Morgan fingerprint density at radius 2 is 1.81 bits per heavy atom. The Labute approximate surface area is 187 Å². The molecule has 1 saturated heterocycles. The summed E-state index contributed by atoms with van der Waals surface area (Å²) in [5.41, 5.74) is 4.45. The Morgan fingerprint density at radius 1 is 1.09 bits per heavy atom. The second-order valence-electron chi connectivity index (χ2n) is 7.89. The largest absolute Gasteiger partial charge is 0.341 e. The molecule has 8 nitrogen and oxygen atoms in total. The number of nitrogens with zero attached hydrogens (tertiary/aromatic N) is 5. The number of benzene rings is 2. The number of nitrogens with one attached hydrogen (secondary N) is 2. The van der Waals surface area contributed by atoms with Crippen LogP contribution in [0.4, 0.5) is 23.3 Å². The molecule has 4 rings (SSSR count). The van der Waals surface area contributed by atoms with Gasteiger partial charge in [-0.15, -0.1) is 0 Å². The minimum absolute atomic E-state index is 0.114. The van der Waals surface area contributed by atoms with E-state index in [9.17, 15) is 4.79 Å². The van der Waals surface area contributed by atoms with Crippen molar-refractivity contribution in [3.8, 4) is 6.07 Å². The molecule has 0 bridgehead atoms. The van der Waals surface area contributed by atoms with Crippen molar-refractivity contribution in [1.82, 2.24) is 15.0 Å². The van der Waals surface area contributed by atoms with Crippen molar-refractivity contribution in [3.05, 3.63) is 65.5 Å². The van der Waals surface area contributed by atoms with E-state index in [2.05, 4.69) is 48.7 Å². The predicted molar refractivity (Wildman–Crippen MR) is 124 cm³/mol. The van der Waals surface area contributed by atoms with Gasteiger partial charge in [-0.25, -0.2) is 9.97 Å².